The summed E-state index contributed by atoms with van der Waals surface area (Å²) in [5.74, 6) is -0.137. The number of anilines is 1. The van der Waals surface area contributed by atoms with Crippen molar-refractivity contribution in [2.45, 2.75) is 32.9 Å². The number of halogens is 1. The Morgan fingerprint density at radius 3 is 2.31 bits per heavy atom. The molecule has 1 aliphatic heterocycles. The summed E-state index contributed by atoms with van der Waals surface area (Å²) in [5, 5.41) is 3.14. The summed E-state index contributed by atoms with van der Waals surface area (Å²) >= 11 is 5.99. The van der Waals surface area contributed by atoms with Gasteiger partial charge in [0.25, 0.3) is 0 Å². The van der Waals surface area contributed by atoms with Crippen LogP contribution in [0.2, 0.25) is 5.02 Å². The molecular formula is C24H30ClN3O6S. The molecule has 2 aromatic carbocycles. The van der Waals surface area contributed by atoms with Crippen LogP contribution in [0.5, 0.6) is 11.5 Å². The molecule has 1 aliphatic rings. The number of sulfonamides is 1. The van der Waals surface area contributed by atoms with Gasteiger partial charge < -0.3 is 19.7 Å². The Kier molecular flexibility index (Phi) is 8.85. The van der Waals surface area contributed by atoms with Crippen molar-refractivity contribution in [2.24, 2.45) is 0 Å². The summed E-state index contributed by atoms with van der Waals surface area (Å²) in [6.07, 6.45) is 0.351. The lowest BCUT2D eigenvalue weighted by atomic mass is 10.1. The van der Waals surface area contributed by atoms with E-state index in [1.807, 2.05) is 0 Å². The predicted molar refractivity (Wildman–Crippen MR) is 134 cm³/mol. The molecule has 0 fully saturated rings. The highest BCUT2D eigenvalue weighted by Gasteiger charge is 2.32. The molecule has 1 N–H and O–H groups in total. The zero-order valence-corrected chi connectivity index (χ0v) is 21.6. The minimum Gasteiger partial charge on any atom is -0.486 e. The minimum absolute atomic E-state index is 0.114. The number of rotatable bonds is 10. The van der Waals surface area contributed by atoms with E-state index >= 15 is 0 Å². The van der Waals surface area contributed by atoms with Crippen molar-refractivity contribution in [1.29, 1.82) is 0 Å². The van der Waals surface area contributed by atoms with Crippen LogP contribution in [0.4, 0.5) is 5.69 Å². The SMILES string of the molecule is CC[C@H](C(=O)NC)N(Cc1ccc(Cl)cc1)C(=O)CN(c1ccc2c(c1)OCCO2)S(=O)(=O)CC. The van der Waals surface area contributed by atoms with Crippen molar-refractivity contribution in [1.82, 2.24) is 10.2 Å². The van der Waals surface area contributed by atoms with Crippen molar-refractivity contribution >= 4 is 39.1 Å². The molecule has 0 unspecified atom stereocenters. The molecule has 35 heavy (non-hydrogen) atoms. The average molecular weight is 524 g/mol. The second-order valence-corrected chi connectivity index (χ2v) is 10.5. The third kappa shape index (κ3) is 6.37. The summed E-state index contributed by atoms with van der Waals surface area (Å²) in [5.41, 5.74) is 1.04. The molecule has 2 aromatic rings. The molecule has 190 valence electrons. The molecular weight excluding hydrogens is 494 g/mol. The van der Waals surface area contributed by atoms with Gasteiger partial charge in [-0.05, 0) is 43.2 Å². The lowest BCUT2D eigenvalue weighted by Crippen LogP contribution is -2.52. The Morgan fingerprint density at radius 1 is 1.06 bits per heavy atom. The zero-order valence-electron chi connectivity index (χ0n) is 20.0. The van der Waals surface area contributed by atoms with Gasteiger partial charge in [-0.1, -0.05) is 30.7 Å². The van der Waals surface area contributed by atoms with Crippen LogP contribution >= 0.6 is 11.6 Å². The second kappa shape index (κ2) is 11.6. The molecule has 0 spiro atoms. The number of carbonyl (C=O) groups excluding carboxylic acids is 2. The number of ether oxygens (including phenoxy) is 2. The van der Waals surface area contributed by atoms with Gasteiger partial charge in [0.15, 0.2) is 11.5 Å². The van der Waals surface area contributed by atoms with Crippen LogP contribution in [0.15, 0.2) is 42.5 Å². The van der Waals surface area contributed by atoms with E-state index in [0.29, 0.717) is 36.2 Å². The van der Waals surface area contributed by atoms with Crippen molar-refractivity contribution in [3.63, 3.8) is 0 Å². The van der Waals surface area contributed by atoms with Crippen LogP contribution in [0.25, 0.3) is 0 Å². The van der Waals surface area contributed by atoms with Crippen molar-refractivity contribution in [2.75, 3.05) is 36.9 Å². The Balaban J connectivity index is 1.97. The Bertz CT molecular complexity index is 1160. The molecule has 0 saturated heterocycles. The van der Waals surface area contributed by atoms with Gasteiger partial charge in [0.2, 0.25) is 21.8 Å². The fourth-order valence-electron chi connectivity index (χ4n) is 3.78. The highest BCUT2D eigenvalue weighted by Crippen LogP contribution is 2.35. The normalized spacial score (nSPS) is 13.6. The van der Waals surface area contributed by atoms with Crippen LogP contribution < -0.4 is 19.1 Å². The first kappa shape index (κ1) is 26.6. The van der Waals surface area contributed by atoms with Crippen LogP contribution in [0, 0.1) is 0 Å². The fourth-order valence-corrected chi connectivity index (χ4v) is 4.96. The molecule has 3 rings (SSSR count). The van der Waals surface area contributed by atoms with E-state index < -0.39 is 28.5 Å². The maximum Gasteiger partial charge on any atom is 0.244 e. The summed E-state index contributed by atoms with van der Waals surface area (Å²) in [4.78, 5) is 27.6. The van der Waals surface area contributed by atoms with Gasteiger partial charge in [0, 0.05) is 24.7 Å². The number of hydrogen-bond acceptors (Lipinski definition) is 6. The number of amides is 2. The van der Waals surface area contributed by atoms with Gasteiger partial charge >= 0.3 is 0 Å². The third-order valence-electron chi connectivity index (χ3n) is 5.69. The maximum atomic E-state index is 13.6. The predicted octanol–water partition coefficient (Wildman–Crippen LogP) is 2.82. The van der Waals surface area contributed by atoms with Gasteiger partial charge in [0.05, 0.1) is 11.4 Å². The van der Waals surface area contributed by atoms with Crippen molar-refractivity contribution in [3.05, 3.63) is 53.1 Å². The first-order valence-electron chi connectivity index (χ1n) is 11.4. The fraction of sp³-hybridized carbons (Fsp3) is 0.417. The highest BCUT2D eigenvalue weighted by molar-refractivity contribution is 7.92. The Hall–Kier alpha value is -2.98. The molecule has 0 radical (unpaired) electrons. The first-order valence-corrected chi connectivity index (χ1v) is 13.3. The second-order valence-electron chi connectivity index (χ2n) is 7.92. The lowest BCUT2D eigenvalue weighted by molar-refractivity contribution is -0.140. The van der Waals surface area contributed by atoms with Gasteiger partial charge in [-0.15, -0.1) is 0 Å². The molecule has 2 amide bonds. The quantitative estimate of drug-likeness (QED) is 0.513. The molecule has 0 saturated carbocycles. The summed E-state index contributed by atoms with van der Waals surface area (Å²) in [7, 11) is -2.33. The third-order valence-corrected chi connectivity index (χ3v) is 7.68. The molecule has 0 aliphatic carbocycles. The maximum absolute atomic E-state index is 13.6. The smallest absolute Gasteiger partial charge is 0.244 e. The lowest BCUT2D eigenvalue weighted by Gasteiger charge is -2.33. The largest absolute Gasteiger partial charge is 0.486 e. The Labute approximate surface area is 211 Å². The van der Waals surface area contributed by atoms with E-state index in [1.165, 1.54) is 18.9 Å². The molecule has 0 aromatic heterocycles. The number of fused-ring (bicyclic) bond motifs is 1. The number of benzene rings is 2. The average Bonchev–Trinajstić information content (AvgIpc) is 2.87. The number of hydrogen-bond donors (Lipinski definition) is 1. The summed E-state index contributed by atoms with van der Waals surface area (Å²) in [6, 6.07) is 10.9. The monoisotopic (exact) mass is 523 g/mol. The molecule has 0 bridgehead atoms. The van der Waals surface area contributed by atoms with E-state index in [9.17, 15) is 18.0 Å². The van der Waals surface area contributed by atoms with Crippen molar-refractivity contribution in [3.8, 4) is 11.5 Å². The van der Waals surface area contributed by atoms with E-state index in [4.69, 9.17) is 21.1 Å². The summed E-state index contributed by atoms with van der Waals surface area (Å²) < 4.78 is 38.3. The molecule has 11 heteroatoms. The summed E-state index contributed by atoms with van der Waals surface area (Å²) in [6.45, 7) is 3.69. The number of nitrogens with zero attached hydrogens (tertiary/aromatic N) is 2. The van der Waals surface area contributed by atoms with E-state index in [0.717, 1.165) is 9.87 Å². The first-order chi connectivity index (χ1) is 16.7. The van der Waals surface area contributed by atoms with Crippen LogP contribution in [0.3, 0.4) is 0 Å². The van der Waals surface area contributed by atoms with Gasteiger partial charge in [0.1, 0.15) is 25.8 Å². The zero-order chi connectivity index (χ0) is 25.6. The van der Waals surface area contributed by atoms with E-state index in [1.54, 1.807) is 49.4 Å². The topological polar surface area (TPSA) is 105 Å². The molecule has 9 nitrogen and oxygen atoms in total. The highest BCUT2D eigenvalue weighted by atomic mass is 35.5. The Morgan fingerprint density at radius 2 is 1.71 bits per heavy atom. The standard InChI is InChI=1S/C24H30ClN3O6S/c1-4-20(24(30)26-3)27(15-17-6-8-18(25)9-7-17)23(29)16-28(35(31,32)5-2)19-10-11-21-22(14-19)34-13-12-33-21/h6-11,14,20H,4-5,12-13,15-16H2,1-3H3,(H,26,30)/t20-/m1/s1. The van der Waals surface area contributed by atoms with Gasteiger partial charge in [-0.25, -0.2) is 8.42 Å². The molecule has 1 heterocycles. The van der Waals surface area contributed by atoms with Gasteiger partial charge in [-0.3, -0.25) is 13.9 Å². The van der Waals surface area contributed by atoms with E-state index in [2.05, 4.69) is 5.32 Å². The van der Waals surface area contributed by atoms with Crippen LogP contribution in [0.1, 0.15) is 25.8 Å². The van der Waals surface area contributed by atoms with Gasteiger partial charge in [-0.2, -0.15) is 0 Å². The van der Waals surface area contributed by atoms with E-state index in [-0.39, 0.29) is 23.9 Å². The van der Waals surface area contributed by atoms with Crippen molar-refractivity contribution < 1.29 is 27.5 Å². The number of likely N-dealkylation sites (N-methyl/N-ethyl adjacent to an activating group) is 1. The van der Waals surface area contributed by atoms with Crippen LogP contribution in [-0.2, 0) is 26.2 Å². The van der Waals surface area contributed by atoms with Crippen LogP contribution in [-0.4, -0.2) is 63.7 Å². The minimum atomic E-state index is -3.83. The molecule has 1 atom stereocenters. The number of nitrogens with one attached hydrogen (secondary N) is 1. The number of carbonyl (C=O) groups is 2.